The van der Waals surface area contributed by atoms with E-state index >= 15 is 0 Å². The number of methoxy groups -OCH3 is 1. The van der Waals surface area contributed by atoms with Gasteiger partial charge in [-0.1, -0.05) is 11.8 Å². The zero-order valence-corrected chi connectivity index (χ0v) is 15.2. The number of aromatic nitrogens is 2. The van der Waals surface area contributed by atoms with Crippen LogP contribution in [0.3, 0.4) is 0 Å². The van der Waals surface area contributed by atoms with Gasteiger partial charge in [-0.3, -0.25) is 14.2 Å². The fraction of sp³-hybridized carbons (Fsp3) is 0.105. The molecule has 0 aliphatic heterocycles. The maximum Gasteiger partial charge on any atom is 0.287 e. The van der Waals surface area contributed by atoms with Crippen molar-refractivity contribution in [2.75, 3.05) is 18.2 Å². The van der Waals surface area contributed by atoms with Gasteiger partial charge in [0, 0.05) is 23.8 Å². The van der Waals surface area contributed by atoms with Gasteiger partial charge < -0.3 is 10.1 Å². The number of rotatable bonds is 6. The van der Waals surface area contributed by atoms with Crippen molar-refractivity contribution < 1.29 is 13.9 Å². The average Bonchev–Trinajstić information content (AvgIpc) is 2.69. The van der Waals surface area contributed by atoms with Crippen molar-refractivity contribution in [1.82, 2.24) is 9.55 Å². The van der Waals surface area contributed by atoms with Crippen LogP contribution in [0.4, 0.5) is 10.1 Å². The monoisotopic (exact) mass is 385 g/mol. The Bertz CT molecular complexity index is 988. The second-order valence-corrected chi connectivity index (χ2v) is 6.41. The molecular weight excluding hydrogens is 369 g/mol. The Balaban J connectivity index is 1.69. The molecule has 1 amide bonds. The number of carbonyl (C=O) groups excluding carboxylic acids is 1. The van der Waals surface area contributed by atoms with Crippen LogP contribution in [0.5, 0.6) is 5.75 Å². The molecule has 8 heteroatoms. The number of halogens is 1. The lowest BCUT2D eigenvalue weighted by atomic mass is 10.3. The smallest absolute Gasteiger partial charge is 0.287 e. The van der Waals surface area contributed by atoms with E-state index in [1.165, 1.54) is 35.0 Å². The number of amides is 1. The molecule has 0 radical (unpaired) electrons. The highest BCUT2D eigenvalue weighted by Gasteiger charge is 2.10. The lowest BCUT2D eigenvalue weighted by molar-refractivity contribution is -0.113. The van der Waals surface area contributed by atoms with Crippen LogP contribution < -0.4 is 15.6 Å². The third kappa shape index (κ3) is 4.73. The van der Waals surface area contributed by atoms with Gasteiger partial charge >= 0.3 is 0 Å². The van der Waals surface area contributed by atoms with Gasteiger partial charge in [-0.05, 0) is 48.5 Å². The Morgan fingerprint density at radius 1 is 1.19 bits per heavy atom. The molecule has 1 aromatic heterocycles. The van der Waals surface area contributed by atoms with Crippen molar-refractivity contribution in [3.05, 3.63) is 77.1 Å². The zero-order valence-electron chi connectivity index (χ0n) is 14.4. The quantitative estimate of drug-likeness (QED) is 0.660. The van der Waals surface area contributed by atoms with Crippen molar-refractivity contribution in [1.29, 1.82) is 0 Å². The van der Waals surface area contributed by atoms with Crippen molar-refractivity contribution in [2.45, 2.75) is 5.03 Å². The summed E-state index contributed by atoms with van der Waals surface area (Å²) in [5.74, 6) is 0.00204. The first-order valence-electron chi connectivity index (χ1n) is 7.97. The molecule has 0 aliphatic carbocycles. The van der Waals surface area contributed by atoms with Crippen LogP contribution in [0.1, 0.15) is 0 Å². The molecule has 0 aliphatic rings. The van der Waals surface area contributed by atoms with E-state index < -0.39 is 0 Å². The fourth-order valence-corrected chi connectivity index (χ4v) is 3.00. The Kier molecular flexibility index (Phi) is 5.87. The molecular formula is C19H16FN3O3S. The zero-order chi connectivity index (χ0) is 19.2. The molecule has 3 aromatic rings. The van der Waals surface area contributed by atoms with Crippen molar-refractivity contribution >= 4 is 23.4 Å². The van der Waals surface area contributed by atoms with E-state index in [4.69, 9.17) is 4.74 Å². The highest BCUT2D eigenvalue weighted by molar-refractivity contribution is 7.99. The molecule has 27 heavy (non-hydrogen) atoms. The van der Waals surface area contributed by atoms with Gasteiger partial charge in [-0.15, -0.1) is 0 Å². The molecule has 0 bridgehead atoms. The van der Waals surface area contributed by atoms with E-state index in [9.17, 15) is 14.0 Å². The maximum absolute atomic E-state index is 12.9. The summed E-state index contributed by atoms with van der Waals surface area (Å²) in [5, 5.41) is 2.85. The Morgan fingerprint density at radius 2 is 1.89 bits per heavy atom. The van der Waals surface area contributed by atoms with Gasteiger partial charge in [0.2, 0.25) is 5.91 Å². The molecule has 0 spiro atoms. The van der Waals surface area contributed by atoms with E-state index in [1.54, 1.807) is 37.6 Å². The molecule has 0 saturated carbocycles. The second-order valence-electron chi connectivity index (χ2n) is 5.45. The average molecular weight is 385 g/mol. The van der Waals surface area contributed by atoms with Gasteiger partial charge in [-0.2, -0.15) is 0 Å². The number of hydrogen-bond acceptors (Lipinski definition) is 5. The lowest BCUT2D eigenvalue weighted by Crippen LogP contribution is -2.22. The molecule has 0 unspecified atom stereocenters. The van der Waals surface area contributed by atoms with E-state index in [2.05, 4.69) is 10.3 Å². The number of nitrogens with one attached hydrogen (secondary N) is 1. The van der Waals surface area contributed by atoms with Crippen molar-refractivity contribution in [3.63, 3.8) is 0 Å². The predicted octanol–water partition coefficient (Wildman–Crippen LogP) is 3.11. The number of nitrogens with zero attached hydrogens (tertiary/aromatic N) is 2. The first-order valence-corrected chi connectivity index (χ1v) is 8.95. The Morgan fingerprint density at radius 3 is 2.56 bits per heavy atom. The van der Waals surface area contributed by atoms with Gasteiger partial charge in [0.05, 0.1) is 12.9 Å². The summed E-state index contributed by atoms with van der Waals surface area (Å²) in [4.78, 5) is 28.7. The number of benzene rings is 2. The number of thioether (sulfide) groups is 1. The molecule has 1 N–H and O–H groups in total. The third-order valence-electron chi connectivity index (χ3n) is 3.63. The standard InChI is InChI=1S/C19H16FN3O3S/c1-26-16-8-6-15(7-9-16)23-11-10-21-18(19(23)25)27-12-17(24)22-14-4-2-13(20)3-5-14/h2-11H,12H2,1H3,(H,22,24). The number of carbonyl (C=O) groups is 1. The third-order valence-corrected chi connectivity index (χ3v) is 4.59. The van der Waals surface area contributed by atoms with Gasteiger partial charge in [-0.25, -0.2) is 9.37 Å². The molecule has 3 rings (SSSR count). The van der Waals surface area contributed by atoms with Crippen LogP contribution in [-0.2, 0) is 4.79 Å². The summed E-state index contributed by atoms with van der Waals surface area (Å²) in [6.45, 7) is 0. The van der Waals surface area contributed by atoms with E-state index in [0.717, 1.165) is 11.8 Å². The van der Waals surface area contributed by atoms with Crippen molar-refractivity contribution in [2.24, 2.45) is 0 Å². The molecule has 0 atom stereocenters. The lowest BCUT2D eigenvalue weighted by Gasteiger charge is -2.08. The summed E-state index contributed by atoms with van der Waals surface area (Å²) >= 11 is 1.04. The van der Waals surface area contributed by atoms with Gasteiger partial charge in [0.25, 0.3) is 5.56 Å². The molecule has 0 fully saturated rings. The van der Waals surface area contributed by atoms with Crippen LogP contribution in [0.25, 0.3) is 5.69 Å². The summed E-state index contributed by atoms with van der Waals surface area (Å²) in [6.07, 6.45) is 3.07. The van der Waals surface area contributed by atoms with Crippen LogP contribution in [0.15, 0.2) is 70.7 Å². The van der Waals surface area contributed by atoms with Crippen LogP contribution in [0, 0.1) is 5.82 Å². The van der Waals surface area contributed by atoms with Crippen LogP contribution in [-0.4, -0.2) is 28.3 Å². The Hall–Kier alpha value is -3.13. The van der Waals surface area contributed by atoms with E-state index in [0.29, 0.717) is 17.1 Å². The largest absolute Gasteiger partial charge is 0.497 e. The fourth-order valence-electron chi connectivity index (χ4n) is 2.30. The summed E-state index contributed by atoms with van der Waals surface area (Å²) in [6, 6.07) is 12.5. The number of hydrogen-bond donors (Lipinski definition) is 1. The van der Waals surface area contributed by atoms with Crippen LogP contribution >= 0.6 is 11.8 Å². The summed E-state index contributed by atoms with van der Waals surface area (Å²) < 4.78 is 19.5. The SMILES string of the molecule is COc1ccc(-n2ccnc(SCC(=O)Nc3ccc(F)cc3)c2=O)cc1. The minimum absolute atomic E-state index is 0.00619. The molecule has 0 saturated heterocycles. The summed E-state index contributed by atoms with van der Waals surface area (Å²) in [7, 11) is 1.57. The van der Waals surface area contributed by atoms with Gasteiger partial charge in [0.1, 0.15) is 11.6 Å². The molecule has 1 heterocycles. The maximum atomic E-state index is 12.9. The second kappa shape index (κ2) is 8.50. The number of ether oxygens (including phenoxy) is 1. The first-order chi connectivity index (χ1) is 13.1. The summed E-state index contributed by atoms with van der Waals surface area (Å²) in [5.41, 5.74) is 0.835. The molecule has 2 aromatic carbocycles. The number of anilines is 1. The minimum Gasteiger partial charge on any atom is -0.497 e. The topological polar surface area (TPSA) is 73.2 Å². The van der Waals surface area contributed by atoms with Crippen LogP contribution in [0.2, 0.25) is 0 Å². The normalized spacial score (nSPS) is 10.4. The predicted molar refractivity (Wildman–Crippen MR) is 102 cm³/mol. The van der Waals surface area contributed by atoms with E-state index in [1.807, 2.05) is 0 Å². The van der Waals surface area contributed by atoms with Crippen molar-refractivity contribution in [3.8, 4) is 11.4 Å². The minimum atomic E-state index is -0.380. The highest BCUT2D eigenvalue weighted by Crippen LogP contribution is 2.16. The molecule has 138 valence electrons. The molecule has 6 nitrogen and oxygen atoms in total. The first kappa shape index (κ1) is 18.7. The van der Waals surface area contributed by atoms with Gasteiger partial charge in [0.15, 0.2) is 5.03 Å². The Labute approximate surface area is 159 Å². The van der Waals surface area contributed by atoms with E-state index in [-0.39, 0.29) is 28.1 Å². The highest BCUT2D eigenvalue weighted by atomic mass is 32.2.